The number of carbonyl (C=O) groups is 1. The van der Waals surface area contributed by atoms with Gasteiger partial charge in [-0.15, -0.1) is 0 Å². The molecule has 0 saturated carbocycles. The summed E-state index contributed by atoms with van der Waals surface area (Å²) in [6, 6.07) is 11.2. The molecule has 2 N–H and O–H groups in total. The molecule has 2 rings (SSSR count). The molecule has 0 aliphatic rings. The summed E-state index contributed by atoms with van der Waals surface area (Å²) in [6.07, 6.45) is 2.52. The monoisotopic (exact) mass is 351 g/mol. The molecule has 0 fully saturated rings. The fourth-order valence-electron chi connectivity index (χ4n) is 1.98. The van der Waals surface area contributed by atoms with Crippen LogP contribution in [0.1, 0.15) is 24.7 Å². The lowest BCUT2D eigenvalue weighted by atomic mass is 10.0. The van der Waals surface area contributed by atoms with Crippen LogP contribution < -0.4 is 5.32 Å². The Morgan fingerprint density at radius 2 is 2.10 bits per heavy atom. The first-order chi connectivity index (χ1) is 9.99. The highest BCUT2D eigenvalue weighted by Crippen LogP contribution is 2.20. The molecule has 21 heavy (non-hydrogen) atoms. The SMILES string of the molecule is CC(O)(CNC(=O)CCc1ccccc1Br)c1ccco1. The smallest absolute Gasteiger partial charge is 0.220 e. The zero-order valence-electron chi connectivity index (χ0n) is 11.8. The van der Waals surface area contributed by atoms with E-state index in [-0.39, 0.29) is 12.5 Å². The zero-order valence-corrected chi connectivity index (χ0v) is 13.4. The van der Waals surface area contributed by atoms with Crippen molar-refractivity contribution in [1.82, 2.24) is 5.32 Å². The molecular formula is C16H18BrNO3. The van der Waals surface area contributed by atoms with Crippen LogP contribution in [0, 0.1) is 0 Å². The Labute approximate surface area is 132 Å². The predicted octanol–water partition coefficient (Wildman–Crippen LogP) is 3.00. The first-order valence-electron chi connectivity index (χ1n) is 6.75. The highest BCUT2D eigenvalue weighted by atomic mass is 79.9. The standard InChI is InChI=1S/C16H18BrNO3/c1-16(20,14-7-4-10-21-14)11-18-15(19)9-8-12-5-2-3-6-13(12)17/h2-7,10,20H,8-9,11H2,1H3,(H,18,19). The molecule has 112 valence electrons. The highest BCUT2D eigenvalue weighted by molar-refractivity contribution is 9.10. The van der Waals surface area contributed by atoms with Gasteiger partial charge in [0.25, 0.3) is 0 Å². The Hall–Kier alpha value is -1.59. The quantitative estimate of drug-likeness (QED) is 0.840. The second-order valence-corrected chi connectivity index (χ2v) is 5.97. The Morgan fingerprint density at radius 1 is 1.33 bits per heavy atom. The average Bonchev–Trinajstić information content (AvgIpc) is 2.99. The molecule has 1 unspecified atom stereocenters. The van der Waals surface area contributed by atoms with Crippen molar-refractivity contribution in [2.45, 2.75) is 25.4 Å². The number of carbonyl (C=O) groups excluding carboxylic acids is 1. The van der Waals surface area contributed by atoms with Crippen molar-refractivity contribution in [3.05, 3.63) is 58.5 Å². The maximum atomic E-state index is 11.9. The Morgan fingerprint density at radius 3 is 2.76 bits per heavy atom. The Kier molecular flexibility index (Phi) is 5.20. The summed E-state index contributed by atoms with van der Waals surface area (Å²) >= 11 is 3.46. The highest BCUT2D eigenvalue weighted by Gasteiger charge is 2.26. The van der Waals surface area contributed by atoms with Gasteiger partial charge >= 0.3 is 0 Å². The van der Waals surface area contributed by atoms with E-state index in [0.717, 1.165) is 10.0 Å². The van der Waals surface area contributed by atoms with E-state index in [9.17, 15) is 9.90 Å². The second kappa shape index (κ2) is 6.91. The maximum absolute atomic E-state index is 11.9. The van der Waals surface area contributed by atoms with Crippen LogP contribution in [-0.2, 0) is 16.8 Å². The number of nitrogens with one attached hydrogen (secondary N) is 1. The third-order valence-electron chi connectivity index (χ3n) is 3.26. The van der Waals surface area contributed by atoms with Crippen LogP contribution in [0.15, 0.2) is 51.6 Å². The molecule has 0 saturated heterocycles. The van der Waals surface area contributed by atoms with Crippen molar-refractivity contribution in [2.24, 2.45) is 0 Å². The summed E-state index contributed by atoms with van der Waals surface area (Å²) in [5.74, 6) is 0.339. The third-order valence-corrected chi connectivity index (χ3v) is 4.03. The van der Waals surface area contributed by atoms with Gasteiger partial charge in [0.05, 0.1) is 12.8 Å². The van der Waals surface area contributed by atoms with Gasteiger partial charge in [0.15, 0.2) is 0 Å². The van der Waals surface area contributed by atoms with E-state index in [4.69, 9.17) is 4.42 Å². The van der Waals surface area contributed by atoms with Gasteiger partial charge in [-0.25, -0.2) is 0 Å². The minimum absolute atomic E-state index is 0.0995. The Balaban J connectivity index is 1.82. The number of benzene rings is 1. The number of hydrogen-bond acceptors (Lipinski definition) is 3. The van der Waals surface area contributed by atoms with Crippen molar-refractivity contribution >= 4 is 21.8 Å². The van der Waals surface area contributed by atoms with Crippen molar-refractivity contribution in [1.29, 1.82) is 0 Å². The number of aliphatic hydroxyl groups is 1. The lowest BCUT2D eigenvalue weighted by Gasteiger charge is -2.21. The molecule has 1 atom stereocenters. The zero-order chi connectivity index (χ0) is 15.3. The van der Waals surface area contributed by atoms with Crippen LogP contribution in [0.3, 0.4) is 0 Å². The van der Waals surface area contributed by atoms with Gasteiger partial charge in [-0.2, -0.15) is 0 Å². The number of rotatable bonds is 6. The van der Waals surface area contributed by atoms with Gasteiger partial charge in [0.1, 0.15) is 11.4 Å². The van der Waals surface area contributed by atoms with Crippen molar-refractivity contribution in [3.63, 3.8) is 0 Å². The lowest BCUT2D eigenvalue weighted by Crippen LogP contribution is -2.38. The number of amides is 1. The molecule has 2 aromatic rings. The van der Waals surface area contributed by atoms with E-state index in [2.05, 4.69) is 21.2 Å². The van der Waals surface area contributed by atoms with Gasteiger partial charge in [0.2, 0.25) is 5.91 Å². The van der Waals surface area contributed by atoms with Crippen LogP contribution >= 0.6 is 15.9 Å². The van der Waals surface area contributed by atoms with Crippen LogP contribution in [0.2, 0.25) is 0 Å². The van der Waals surface area contributed by atoms with Gasteiger partial charge in [-0.3, -0.25) is 4.79 Å². The van der Waals surface area contributed by atoms with E-state index in [1.165, 1.54) is 6.26 Å². The third kappa shape index (κ3) is 4.44. The molecule has 0 bridgehead atoms. The fraction of sp³-hybridized carbons (Fsp3) is 0.312. The summed E-state index contributed by atoms with van der Waals surface area (Å²) in [5.41, 5.74) is -0.114. The summed E-state index contributed by atoms with van der Waals surface area (Å²) in [7, 11) is 0. The molecule has 4 nitrogen and oxygen atoms in total. The average molecular weight is 352 g/mol. The van der Waals surface area contributed by atoms with Gasteiger partial charge in [0, 0.05) is 10.9 Å². The summed E-state index contributed by atoms with van der Waals surface area (Å²) in [4.78, 5) is 11.9. The molecule has 5 heteroatoms. The first-order valence-corrected chi connectivity index (χ1v) is 7.55. The van der Waals surface area contributed by atoms with E-state index in [0.29, 0.717) is 18.6 Å². The summed E-state index contributed by atoms with van der Waals surface area (Å²) in [5, 5.41) is 13.0. The molecule has 0 aliphatic carbocycles. The number of aryl methyl sites for hydroxylation is 1. The fourth-order valence-corrected chi connectivity index (χ4v) is 2.46. The number of furan rings is 1. The molecule has 0 spiro atoms. The van der Waals surface area contributed by atoms with E-state index < -0.39 is 5.60 Å². The normalized spacial score (nSPS) is 13.7. The van der Waals surface area contributed by atoms with Crippen LogP contribution in [0.5, 0.6) is 0 Å². The molecule has 1 aromatic carbocycles. The second-order valence-electron chi connectivity index (χ2n) is 5.12. The van der Waals surface area contributed by atoms with Crippen LogP contribution in [0.25, 0.3) is 0 Å². The van der Waals surface area contributed by atoms with Crippen molar-refractivity contribution in [3.8, 4) is 0 Å². The molecule has 0 aliphatic heterocycles. The number of halogens is 1. The maximum Gasteiger partial charge on any atom is 0.220 e. The summed E-state index contributed by atoms with van der Waals surface area (Å²) in [6.45, 7) is 1.73. The van der Waals surface area contributed by atoms with E-state index in [1.807, 2.05) is 24.3 Å². The van der Waals surface area contributed by atoms with Gasteiger partial charge in [-0.1, -0.05) is 34.1 Å². The lowest BCUT2D eigenvalue weighted by molar-refractivity contribution is -0.122. The van der Waals surface area contributed by atoms with E-state index in [1.54, 1.807) is 19.1 Å². The van der Waals surface area contributed by atoms with E-state index >= 15 is 0 Å². The summed E-state index contributed by atoms with van der Waals surface area (Å²) < 4.78 is 6.17. The minimum atomic E-state index is -1.20. The predicted molar refractivity (Wildman–Crippen MR) is 83.8 cm³/mol. The molecule has 1 aromatic heterocycles. The van der Waals surface area contributed by atoms with Gasteiger partial charge in [-0.05, 0) is 37.1 Å². The Bertz CT molecular complexity index is 593. The molecule has 0 radical (unpaired) electrons. The molecule has 1 amide bonds. The first kappa shape index (κ1) is 15.8. The van der Waals surface area contributed by atoms with Crippen molar-refractivity contribution < 1.29 is 14.3 Å². The van der Waals surface area contributed by atoms with Crippen LogP contribution in [-0.4, -0.2) is 17.6 Å². The number of hydrogen-bond donors (Lipinski definition) is 2. The molecule has 1 heterocycles. The van der Waals surface area contributed by atoms with Gasteiger partial charge < -0.3 is 14.8 Å². The van der Waals surface area contributed by atoms with Crippen LogP contribution in [0.4, 0.5) is 0 Å². The largest absolute Gasteiger partial charge is 0.466 e. The minimum Gasteiger partial charge on any atom is -0.466 e. The van der Waals surface area contributed by atoms with Crippen molar-refractivity contribution in [2.75, 3.05) is 6.54 Å². The topological polar surface area (TPSA) is 62.5 Å². The molecular weight excluding hydrogens is 334 g/mol.